The second kappa shape index (κ2) is 7.40. The van der Waals surface area contributed by atoms with Gasteiger partial charge in [-0.15, -0.1) is 21.5 Å². The smallest absolute Gasteiger partial charge is 0.210 e. The molecule has 26 heavy (non-hydrogen) atoms. The lowest BCUT2D eigenvalue weighted by Crippen LogP contribution is -2.24. The van der Waals surface area contributed by atoms with Crippen molar-refractivity contribution >= 4 is 23.1 Å². The Labute approximate surface area is 163 Å². The van der Waals surface area contributed by atoms with Gasteiger partial charge in [0.15, 0.2) is 5.82 Å². The Morgan fingerprint density at radius 1 is 1.15 bits per heavy atom. The summed E-state index contributed by atoms with van der Waals surface area (Å²) in [6, 6.07) is 8.66. The third-order valence-electron chi connectivity index (χ3n) is 4.06. The van der Waals surface area contributed by atoms with E-state index in [-0.39, 0.29) is 5.41 Å². The van der Waals surface area contributed by atoms with Crippen molar-refractivity contribution in [3.8, 4) is 10.6 Å². The summed E-state index contributed by atoms with van der Waals surface area (Å²) in [5.41, 5.74) is 3.41. The van der Waals surface area contributed by atoms with Gasteiger partial charge < -0.3 is 5.84 Å². The number of hydrogen-bond donors (Lipinski definition) is 1. The van der Waals surface area contributed by atoms with Gasteiger partial charge in [-0.1, -0.05) is 70.6 Å². The van der Waals surface area contributed by atoms with Crippen molar-refractivity contribution in [2.45, 2.75) is 56.9 Å². The number of nitrogens with two attached hydrogens (primary N) is 1. The quantitative estimate of drug-likeness (QED) is 0.502. The lowest BCUT2D eigenvalue weighted by molar-refractivity contribution is 0.523. The second-order valence-electron chi connectivity index (χ2n) is 7.64. The van der Waals surface area contributed by atoms with Crippen LogP contribution in [0.4, 0.5) is 0 Å². The van der Waals surface area contributed by atoms with Gasteiger partial charge in [-0.3, -0.25) is 0 Å². The zero-order valence-corrected chi connectivity index (χ0v) is 17.5. The number of aromatic nitrogens is 4. The highest BCUT2D eigenvalue weighted by Gasteiger charge is 2.23. The molecule has 0 bridgehead atoms. The first-order valence-electron chi connectivity index (χ1n) is 8.64. The highest BCUT2D eigenvalue weighted by molar-refractivity contribution is 7.98. The Morgan fingerprint density at radius 2 is 1.85 bits per heavy atom. The largest absolute Gasteiger partial charge is 0.336 e. The summed E-state index contributed by atoms with van der Waals surface area (Å²) >= 11 is 3.23. The summed E-state index contributed by atoms with van der Waals surface area (Å²) in [6.45, 7) is 10.6. The molecule has 5 nitrogen and oxygen atoms in total. The summed E-state index contributed by atoms with van der Waals surface area (Å²) in [4.78, 5) is 4.75. The minimum atomic E-state index is -0.128. The maximum Gasteiger partial charge on any atom is 0.210 e. The average Bonchev–Trinajstić information content (AvgIpc) is 3.19. The molecule has 138 valence electrons. The van der Waals surface area contributed by atoms with Gasteiger partial charge in [0.05, 0.1) is 5.69 Å². The van der Waals surface area contributed by atoms with Crippen molar-refractivity contribution in [3.05, 3.63) is 46.7 Å². The number of thioether (sulfide) groups is 1. The number of hydrogen-bond acceptors (Lipinski definition) is 6. The van der Waals surface area contributed by atoms with Gasteiger partial charge in [0.1, 0.15) is 5.01 Å². The van der Waals surface area contributed by atoms with Crippen LogP contribution in [0.25, 0.3) is 10.6 Å². The molecule has 0 saturated heterocycles. The molecule has 0 aliphatic carbocycles. The van der Waals surface area contributed by atoms with E-state index in [4.69, 9.17) is 10.8 Å². The van der Waals surface area contributed by atoms with E-state index in [1.165, 1.54) is 5.56 Å². The molecule has 0 fully saturated rings. The molecular weight excluding hydrogens is 362 g/mol. The predicted molar refractivity (Wildman–Crippen MR) is 110 cm³/mol. The molecule has 3 rings (SSSR count). The number of rotatable bonds is 5. The highest BCUT2D eigenvalue weighted by atomic mass is 32.2. The molecule has 2 N–H and O–H groups in total. The summed E-state index contributed by atoms with van der Waals surface area (Å²) in [7, 11) is 0. The molecule has 0 atom stereocenters. The zero-order valence-electron chi connectivity index (χ0n) is 15.9. The van der Waals surface area contributed by atoms with Crippen LogP contribution >= 0.6 is 23.1 Å². The SMILES string of the molecule is CC(C)c1ccc(-c2nc(CSc3nnc(C(C)(C)C)n3N)cs2)cc1. The standard InChI is InChI=1S/C19H25N5S2/c1-12(2)13-6-8-14(9-7-13)16-21-15(10-25-16)11-26-18-23-22-17(24(18)20)19(3,4)5/h6-10,12H,11,20H2,1-5H3. The van der Waals surface area contributed by atoms with Gasteiger partial charge in [0.25, 0.3) is 0 Å². The number of thiazole rings is 1. The zero-order chi connectivity index (χ0) is 18.9. The first-order valence-corrected chi connectivity index (χ1v) is 10.5. The van der Waals surface area contributed by atoms with Crippen molar-refractivity contribution in [2.24, 2.45) is 0 Å². The Bertz CT molecular complexity index is 872. The number of benzene rings is 1. The fourth-order valence-electron chi connectivity index (χ4n) is 2.54. The molecule has 0 spiro atoms. The van der Waals surface area contributed by atoms with E-state index in [2.05, 4.69) is 74.5 Å². The maximum absolute atomic E-state index is 6.14. The van der Waals surface area contributed by atoms with Crippen molar-refractivity contribution in [3.63, 3.8) is 0 Å². The molecule has 2 heterocycles. The molecule has 0 amide bonds. The van der Waals surface area contributed by atoms with E-state index < -0.39 is 0 Å². The summed E-state index contributed by atoms with van der Waals surface area (Å²) < 4.78 is 1.59. The number of nitrogens with zero attached hydrogens (tertiary/aromatic N) is 4. The minimum absolute atomic E-state index is 0.128. The summed E-state index contributed by atoms with van der Waals surface area (Å²) in [5, 5.41) is 12.3. The lowest BCUT2D eigenvalue weighted by Gasteiger charge is -2.16. The van der Waals surface area contributed by atoms with Crippen LogP contribution in [0.5, 0.6) is 0 Å². The van der Waals surface area contributed by atoms with Gasteiger partial charge in [-0.05, 0) is 11.5 Å². The van der Waals surface area contributed by atoms with Crippen molar-refractivity contribution in [2.75, 3.05) is 5.84 Å². The van der Waals surface area contributed by atoms with Crippen molar-refractivity contribution in [1.82, 2.24) is 19.9 Å². The molecule has 0 aliphatic rings. The Kier molecular flexibility index (Phi) is 5.39. The van der Waals surface area contributed by atoms with E-state index in [9.17, 15) is 0 Å². The van der Waals surface area contributed by atoms with Crippen LogP contribution in [0.15, 0.2) is 34.8 Å². The van der Waals surface area contributed by atoms with E-state index in [1.807, 2.05) is 0 Å². The Morgan fingerprint density at radius 3 is 2.42 bits per heavy atom. The molecule has 3 aromatic rings. The van der Waals surface area contributed by atoms with Crippen LogP contribution in [0.2, 0.25) is 0 Å². The van der Waals surface area contributed by atoms with Crippen LogP contribution in [0.3, 0.4) is 0 Å². The van der Waals surface area contributed by atoms with Crippen LogP contribution in [-0.2, 0) is 11.2 Å². The van der Waals surface area contributed by atoms with Gasteiger partial charge in [0, 0.05) is 22.1 Å². The van der Waals surface area contributed by atoms with Gasteiger partial charge in [0.2, 0.25) is 5.16 Å². The molecule has 7 heteroatoms. The van der Waals surface area contributed by atoms with Crippen molar-refractivity contribution in [1.29, 1.82) is 0 Å². The van der Waals surface area contributed by atoms with Crippen LogP contribution in [0.1, 0.15) is 57.6 Å². The predicted octanol–water partition coefficient (Wildman–Crippen LogP) is 4.83. The highest BCUT2D eigenvalue weighted by Crippen LogP contribution is 2.29. The molecule has 0 aliphatic heterocycles. The van der Waals surface area contributed by atoms with E-state index in [0.29, 0.717) is 11.1 Å². The molecule has 0 saturated carbocycles. The first kappa shape index (κ1) is 18.9. The third-order valence-corrected chi connectivity index (χ3v) is 5.98. The van der Waals surface area contributed by atoms with Gasteiger partial charge >= 0.3 is 0 Å². The summed E-state index contributed by atoms with van der Waals surface area (Å²) in [5.74, 6) is 8.19. The average molecular weight is 388 g/mol. The fraction of sp³-hybridized carbons (Fsp3) is 0.421. The normalized spacial score (nSPS) is 12.1. The van der Waals surface area contributed by atoms with Crippen molar-refractivity contribution < 1.29 is 0 Å². The van der Waals surface area contributed by atoms with Crippen LogP contribution in [0, 0.1) is 0 Å². The molecule has 2 aromatic heterocycles. The number of nitrogen functional groups attached to an aromatic ring is 1. The maximum atomic E-state index is 6.14. The molecular formula is C19H25N5S2. The Balaban J connectivity index is 1.68. The van der Waals surface area contributed by atoms with Crippen LogP contribution < -0.4 is 5.84 Å². The minimum Gasteiger partial charge on any atom is -0.336 e. The first-order chi connectivity index (χ1) is 12.3. The van der Waals surface area contributed by atoms with Gasteiger partial charge in [-0.25, -0.2) is 9.66 Å². The van der Waals surface area contributed by atoms with Crippen LogP contribution in [-0.4, -0.2) is 19.9 Å². The second-order valence-corrected chi connectivity index (χ2v) is 9.44. The summed E-state index contributed by atoms with van der Waals surface area (Å²) in [6.07, 6.45) is 0. The third kappa shape index (κ3) is 4.10. The lowest BCUT2D eigenvalue weighted by atomic mass is 9.96. The van der Waals surface area contributed by atoms with E-state index >= 15 is 0 Å². The van der Waals surface area contributed by atoms with E-state index in [1.54, 1.807) is 27.8 Å². The Hall–Kier alpha value is -1.86. The van der Waals surface area contributed by atoms with Gasteiger partial charge in [-0.2, -0.15) is 0 Å². The monoisotopic (exact) mass is 387 g/mol. The van der Waals surface area contributed by atoms with E-state index in [0.717, 1.165) is 27.8 Å². The molecule has 0 radical (unpaired) electrons. The topological polar surface area (TPSA) is 69.6 Å². The molecule has 0 unspecified atom stereocenters. The molecule has 1 aromatic carbocycles. The fourth-order valence-corrected chi connectivity index (χ4v) is 4.22.